The molecule has 0 spiro atoms. The Balaban J connectivity index is 0.000000623. The zero-order valence-corrected chi connectivity index (χ0v) is 20.3. The molecule has 0 fully saturated rings. The first-order valence-electron chi connectivity index (χ1n) is 11.4. The number of hydrogen-bond acceptors (Lipinski definition) is 6. The molecule has 0 saturated heterocycles. The van der Waals surface area contributed by atoms with E-state index in [1.807, 2.05) is 24.5 Å². The molecule has 1 atom stereocenters. The highest BCUT2D eigenvalue weighted by atomic mass is 35.7. The largest absolute Gasteiger partial charge is 0.494 e. The summed E-state index contributed by atoms with van der Waals surface area (Å²) in [7, 11) is -4.69. The zero-order valence-electron chi connectivity index (χ0n) is 19.5. The van der Waals surface area contributed by atoms with E-state index in [-0.39, 0.29) is 0 Å². The molecule has 35 heavy (non-hydrogen) atoms. The molecule has 0 radical (unpaired) electrons. The van der Waals surface area contributed by atoms with Crippen LogP contribution in [0.2, 0.25) is 0 Å². The molecule has 1 unspecified atom stereocenters. The minimum Gasteiger partial charge on any atom is -0.494 e. The Morgan fingerprint density at radius 1 is 0.829 bits per heavy atom. The number of hydrogen-bond donors (Lipinski definition) is 1. The van der Waals surface area contributed by atoms with E-state index < -0.39 is 15.7 Å². The quantitative estimate of drug-likeness (QED) is 0.480. The van der Waals surface area contributed by atoms with Crippen molar-refractivity contribution in [1.82, 2.24) is 0 Å². The molecule has 0 bridgehead atoms. The van der Waals surface area contributed by atoms with Crippen molar-refractivity contribution in [2.45, 2.75) is 31.6 Å². The molecule has 1 aliphatic heterocycles. The Hall–Kier alpha value is -3.13. The van der Waals surface area contributed by atoms with Crippen LogP contribution in [0.4, 0.5) is 0 Å². The van der Waals surface area contributed by atoms with Crippen LogP contribution in [-0.2, 0) is 10.2 Å². The van der Waals surface area contributed by atoms with E-state index in [1.54, 1.807) is 0 Å². The van der Waals surface area contributed by atoms with Crippen molar-refractivity contribution in [3.8, 4) is 5.75 Å². The van der Waals surface area contributed by atoms with Gasteiger partial charge in [0.05, 0.1) is 33.2 Å². The fourth-order valence-corrected chi connectivity index (χ4v) is 3.87. The third-order valence-corrected chi connectivity index (χ3v) is 5.54. The molecule has 0 aliphatic carbocycles. The summed E-state index contributed by atoms with van der Waals surface area (Å²) in [6.45, 7) is 2.97. The summed E-state index contributed by atoms with van der Waals surface area (Å²) < 4.78 is 44.6. The van der Waals surface area contributed by atoms with E-state index in [0.29, 0.717) is 0 Å². The topological polar surface area (TPSA) is 108 Å². The van der Waals surface area contributed by atoms with Gasteiger partial charge in [-0.2, -0.15) is 14.0 Å². The zero-order chi connectivity index (χ0) is 25.2. The second-order valence-corrected chi connectivity index (χ2v) is 8.80. The number of ether oxygens (including phenoxy) is 2. The van der Waals surface area contributed by atoms with Gasteiger partial charge in [0.15, 0.2) is 0 Å². The Morgan fingerprint density at radius 2 is 1.40 bits per heavy atom. The molecule has 6 nitrogen and oxygen atoms in total. The van der Waals surface area contributed by atoms with E-state index in [9.17, 15) is 0 Å². The van der Waals surface area contributed by atoms with Crippen molar-refractivity contribution in [2.24, 2.45) is 0 Å². The minimum absolute atomic E-state index is 0.397. The number of benzene rings is 3. The molecule has 0 saturated carbocycles. The summed E-state index contributed by atoms with van der Waals surface area (Å²) >= 11 is 0. The molecular weight excluding hydrogens is 468 g/mol. The van der Waals surface area contributed by atoms with Crippen LogP contribution in [0.1, 0.15) is 42.9 Å². The van der Waals surface area contributed by atoms with Crippen LogP contribution in [0.25, 0.3) is 5.76 Å². The molecule has 3 aromatic carbocycles. The molecule has 184 valence electrons. The van der Waals surface area contributed by atoms with Crippen molar-refractivity contribution < 1.29 is 38.4 Å². The van der Waals surface area contributed by atoms with Crippen LogP contribution in [0.15, 0.2) is 103 Å². The number of rotatable bonds is 8. The van der Waals surface area contributed by atoms with E-state index >= 15 is 0 Å². The molecule has 4 rings (SSSR count). The first-order valence-corrected chi connectivity index (χ1v) is 12.6. The van der Waals surface area contributed by atoms with Gasteiger partial charge in [-0.05, 0) is 41.8 Å². The lowest BCUT2D eigenvalue weighted by atomic mass is 9.73. The maximum atomic E-state index is 8.60. The Bertz CT molecular complexity index is 1090. The Kier molecular flexibility index (Phi) is 9.48. The molecule has 7 heteroatoms. The molecule has 3 aromatic rings. The van der Waals surface area contributed by atoms with Gasteiger partial charge >= 0.3 is 0 Å². The second kappa shape index (κ2) is 12.5. The molecular formula is C28H29ClO6. The van der Waals surface area contributed by atoms with Crippen molar-refractivity contribution in [2.75, 3.05) is 6.61 Å². The first kappa shape index (κ1) is 26.5. The number of halogens is 1. The van der Waals surface area contributed by atoms with Crippen molar-refractivity contribution in [3.05, 3.63) is 120 Å². The molecule has 0 aromatic heterocycles. The molecule has 1 heterocycles. The summed E-state index contributed by atoms with van der Waals surface area (Å²) in [5, 5.41) is 0. The van der Waals surface area contributed by atoms with Gasteiger partial charge < -0.3 is 9.47 Å². The SMILES string of the molecule is CCCCCOc1ccc(C2(c3ccccc3)C=COC(c3ccccc3)=C2)cc1.[O-][Cl+3]([O-])([O-])O. The van der Waals surface area contributed by atoms with Gasteiger partial charge in [-0.1, -0.05) is 92.6 Å². The third kappa shape index (κ3) is 7.96. The van der Waals surface area contributed by atoms with Crippen LogP contribution >= 0.6 is 0 Å². The van der Waals surface area contributed by atoms with E-state index in [1.165, 1.54) is 24.0 Å². The van der Waals surface area contributed by atoms with Crippen LogP contribution in [0.5, 0.6) is 5.75 Å². The smallest absolute Gasteiger partial charge is 0.131 e. The van der Waals surface area contributed by atoms with E-state index in [4.69, 9.17) is 28.1 Å². The first-order chi connectivity index (χ1) is 16.8. The van der Waals surface area contributed by atoms with Gasteiger partial charge in [0.25, 0.3) is 0 Å². The normalized spacial score (nSPS) is 17.0. The summed E-state index contributed by atoms with van der Waals surface area (Å²) in [6, 6.07) is 29.3. The Labute approximate surface area is 208 Å². The fourth-order valence-electron chi connectivity index (χ4n) is 3.87. The lowest BCUT2D eigenvalue weighted by Crippen LogP contribution is -2.58. The number of allylic oxidation sites excluding steroid dienone is 2. The summed E-state index contributed by atoms with van der Waals surface area (Å²) in [4.78, 5) is 0. The third-order valence-electron chi connectivity index (χ3n) is 5.54. The van der Waals surface area contributed by atoms with E-state index in [0.717, 1.165) is 30.1 Å². The summed E-state index contributed by atoms with van der Waals surface area (Å²) in [6.07, 6.45) is 9.65. The van der Waals surface area contributed by atoms with Crippen LogP contribution < -0.4 is 18.7 Å². The maximum absolute atomic E-state index is 8.60. The second-order valence-electron chi connectivity index (χ2n) is 8.01. The van der Waals surface area contributed by atoms with Crippen LogP contribution in [-0.4, -0.2) is 11.3 Å². The lowest BCUT2D eigenvalue weighted by molar-refractivity contribution is -1.92. The Morgan fingerprint density at radius 3 is 2.00 bits per heavy atom. The summed E-state index contributed by atoms with van der Waals surface area (Å²) in [5.41, 5.74) is 3.06. The molecule has 0 amide bonds. The highest BCUT2D eigenvalue weighted by molar-refractivity contribution is 5.67. The van der Waals surface area contributed by atoms with Gasteiger partial charge in [-0.25, -0.2) is 0 Å². The monoisotopic (exact) mass is 496 g/mol. The predicted molar refractivity (Wildman–Crippen MR) is 126 cm³/mol. The average Bonchev–Trinajstić information content (AvgIpc) is 2.87. The van der Waals surface area contributed by atoms with Crippen molar-refractivity contribution in [1.29, 1.82) is 0 Å². The standard InChI is InChI=1S/C28H28O2.ClHO4/c1-2-3-10-20-29-26-17-15-25(16-18-26)28(24-13-8-5-9-14-24)19-21-30-27(22-28)23-11-6-4-7-12-23;2-1(3,4)5/h4-9,11-19,21-22H,2-3,10,20H2,1H3;(H,2,3,4,5). The fraction of sp³-hybridized carbons (Fsp3) is 0.214. The highest BCUT2D eigenvalue weighted by Crippen LogP contribution is 2.41. The predicted octanol–water partition coefficient (Wildman–Crippen LogP) is 3.00. The van der Waals surface area contributed by atoms with E-state index in [2.05, 4.69) is 85.8 Å². The molecule has 1 N–H and O–H groups in total. The summed E-state index contributed by atoms with van der Waals surface area (Å²) in [5.74, 6) is 1.78. The molecule has 1 aliphatic rings. The van der Waals surface area contributed by atoms with Gasteiger partial charge in [-0.3, -0.25) is 0 Å². The van der Waals surface area contributed by atoms with Crippen LogP contribution in [0, 0.1) is 10.2 Å². The van der Waals surface area contributed by atoms with Crippen molar-refractivity contribution >= 4 is 5.76 Å². The van der Waals surface area contributed by atoms with Crippen LogP contribution in [0.3, 0.4) is 0 Å². The number of unbranched alkanes of at least 4 members (excludes halogenated alkanes) is 2. The minimum atomic E-state index is -4.69. The van der Waals surface area contributed by atoms with Gasteiger partial charge in [0.1, 0.15) is 11.5 Å². The van der Waals surface area contributed by atoms with Gasteiger partial charge in [-0.15, -0.1) is 0 Å². The maximum Gasteiger partial charge on any atom is 0.131 e. The van der Waals surface area contributed by atoms with Gasteiger partial charge in [0, 0.05) is 5.56 Å². The lowest BCUT2D eigenvalue weighted by Gasteiger charge is -2.32. The average molecular weight is 497 g/mol. The highest BCUT2D eigenvalue weighted by Gasteiger charge is 2.33. The van der Waals surface area contributed by atoms with Gasteiger partial charge in [0.2, 0.25) is 0 Å². The van der Waals surface area contributed by atoms with Crippen molar-refractivity contribution in [3.63, 3.8) is 0 Å².